The monoisotopic (exact) mass is 207 g/mol. The number of hydrogen-bond acceptors (Lipinski definition) is 3. The fourth-order valence-corrected chi connectivity index (χ4v) is 1.85. The molecular formula is C11H17N3O. The summed E-state index contributed by atoms with van der Waals surface area (Å²) in [7, 11) is 1.69. The van der Waals surface area contributed by atoms with Gasteiger partial charge in [0.25, 0.3) is 0 Å². The summed E-state index contributed by atoms with van der Waals surface area (Å²) >= 11 is 0. The zero-order valence-corrected chi connectivity index (χ0v) is 9.45. The molecular weight excluding hydrogens is 190 g/mol. The first-order valence-corrected chi connectivity index (χ1v) is 5.25. The van der Waals surface area contributed by atoms with Gasteiger partial charge in [0.05, 0.1) is 13.3 Å². The predicted octanol–water partition coefficient (Wildman–Crippen LogP) is 1.46. The van der Waals surface area contributed by atoms with E-state index in [9.17, 15) is 0 Å². The summed E-state index contributed by atoms with van der Waals surface area (Å²) in [6.45, 7) is 6.08. The Morgan fingerprint density at radius 2 is 2.33 bits per heavy atom. The molecule has 0 bridgehead atoms. The molecule has 0 atom stereocenters. The van der Waals surface area contributed by atoms with Gasteiger partial charge in [0.1, 0.15) is 5.69 Å². The summed E-state index contributed by atoms with van der Waals surface area (Å²) < 4.78 is 7.35. The Morgan fingerprint density at radius 1 is 1.53 bits per heavy atom. The van der Waals surface area contributed by atoms with Gasteiger partial charge in [-0.25, -0.2) is 0 Å². The van der Waals surface area contributed by atoms with Crippen LogP contribution in [0.2, 0.25) is 0 Å². The molecule has 1 aromatic heterocycles. The van der Waals surface area contributed by atoms with Crippen LogP contribution in [0.25, 0.3) is 5.57 Å². The first kappa shape index (κ1) is 10.2. The molecule has 82 valence electrons. The fourth-order valence-electron chi connectivity index (χ4n) is 1.85. The van der Waals surface area contributed by atoms with Gasteiger partial charge in [-0.05, 0) is 19.4 Å². The average Bonchev–Trinajstić information content (AvgIpc) is 2.85. The Kier molecular flexibility index (Phi) is 2.77. The predicted molar refractivity (Wildman–Crippen MR) is 60.0 cm³/mol. The highest BCUT2D eigenvalue weighted by molar-refractivity contribution is 5.70. The van der Waals surface area contributed by atoms with Crippen LogP contribution in [0.4, 0.5) is 0 Å². The van der Waals surface area contributed by atoms with E-state index < -0.39 is 0 Å². The van der Waals surface area contributed by atoms with Crippen LogP contribution in [-0.2, 0) is 0 Å². The molecule has 0 saturated carbocycles. The van der Waals surface area contributed by atoms with Crippen LogP contribution in [-0.4, -0.2) is 30.0 Å². The molecule has 1 N–H and O–H groups in total. The quantitative estimate of drug-likeness (QED) is 0.815. The molecule has 4 heteroatoms. The van der Waals surface area contributed by atoms with Crippen LogP contribution >= 0.6 is 0 Å². The smallest absolute Gasteiger partial charge is 0.164 e. The van der Waals surface area contributed by atoms with E-state index in [2.05, 4.69) is 30.3 Å². The van der Waals surface area contributed by atoms with Crippen LogP contribution in [0.3, 0.4) is 0 Å². The maximum absolute atomic E-state index is 5.34. The van der Waals surface area contributed by atoms with E-state index in [4.69, 9.17) is 4.74 Å². The number of rotatable bonds is 3. The van der Waals surface area contributed by atoms with Gasteiger partial charge in [0.15, 0.2) is 5.75 Å². The van der Waals surface area contributed by atoms with E-state index in [0.717, 1.165) is 24.5 Å². The second-order valence-electron chi connectivity index (χ2n) is 3.96. The lowest BCUT2D eigenvalue weighted by atomic mass is 10.2. The van der Waals surface area contributed by atoms with E-state index in [1.165, 1.54) is 5.57 Å². The summed E-state index contributed by atoms with van der Waals surface area (Å²) in [5, 5.41) is 7.64. The van der Waals surface area contributed by atoms with Crippen LogP contribution in [0.15, 0.2) is 12.3 Å². The molecule has 0 aliphatic carbocycles. The lowest BCUT2D eigenvalue weighted by Crippen LogP contribution is -2.12. The molecule has 0 amide bonds. The van der Waals surface area contributed by atoms with Gasteiger partial charge in [0.2, 0.25) is 0 Å². The summed E-state index contributed by atoms with van der Waals surface area (Å²) in [5.74, 6) is 0.860. The van der Waals surface area contributed by atoms with Gasteiger partial charge >= 0.3 is 0 Å². The topological polar surface area (TPSA) is 39.1 Å². The zero-order valence-electron chi connectivity index (χ0n) is 9.45. The SMILES string of the molecule is COc1cnn(C(C)C)c1C1=CCNC1. The molecule has 15 heavy (non-hydrogen) atoms. The lowest BCUT2D eigenvalue weighted by Gasteiger charge is -2.12. The largest absolute Gasteiger partial charge is 0.493 e. The minimum Gasteiger partial charge on any atom is -0.493 e. The van der Waals surface area contributed by atoms with Crippen molar-refractivity contribution in [2.45, 2.75) is 19.9 Å². The number of nitrogens with zero attached hydrogens (tertiary/aromatic N) is 2. The Hall–Kier alpha value is -1.29. The number of ether oxygens (including phenoxy) is 1. The highest BCUT2D eigenvalue weighted by Crippen LogP contribution is 2.28. The fraction of sp³-hybridized carbons (Fsp3) is 0.545. The molecule has 0 spiro atoms. The minimum absolute atomic E-state index is 0.352. The van der Waals surface area contributed by atoms with Crippen LogP contribution in [0.1, 0.15) is 25.6 Å². The van der Waals surface area contributed by atoms with Crippen molar-refractivity contribution in [2.75, 3.05) is 20.2 Å². The molecule has 1 aromatic rings. The molecule has 2 rings (SSSR count). The second-order valence-corrected chi connectivity index (χ2v) is 3.96. The van der Waals surface area contributed by atoms with E-state index in [-0.39, 0.29) is 0 Å². The number of aromatic nitrogens is 2. The van der Waals surface area contributed by atoms with Gasteiger partial charge in [-0.2, -0.15) is 5.10 Å². The maximum Gasteiger partial charge on any atom is 0.164 e. The Labute approximate surface area is 89.9 Å². The Balaban J connectivity index is 2.45. The van der Waals surface area contributed by atoms with Gasteiger partial charge in [0, 0.05) is 19.1 Å². The second kappa shape index (κ2) is 4.06. The molecule has 1 aliphatic heterocycles. The van der Waals surface area contributed by atoms with Crippen LogP contribution in [0, 0.1) is 0 Å². The summed E-state index contributed by atoms with van der Waals surface area (Å²) in [6, 6.07) is 0.352. The van der Waals surface area contributed by atoms with Crippen molar-refractivity contribution < 1.29 is 4.74 Å². The van der Waals surface area contributed by atoms with E-state index >= 15 is 0 Å². The van der Waals surface area contributed by atoms with E-state index in [1.807, 2.05) is 4.68 Å². The lowest BCUT2D eigenvalue weighted by molar-refractivity contribution is 0.410. The van der Waals surface area contributed by atoms with Crippen molar-refractivity contribution in [1.82, 2.24) is 15.1 Å². The molecule has 0 radical (unpaired) electrons. The van der Waals surface area contributed by atoms with Crippen molar-refractivity contribution in [1.29, 1.82) is 0 Å². The average molecular weight is 207 g/mol. The molecule has 1 aliphatic rings. The molecule has 0 saturated heterocycles. The van der Waals surface area contributed by atoms with E-state index in [0.29, 0.717) is 6.04 Å². The normalized spacial score (nSPS) is 15.9. The van der Waals surface area contributed by atoms with Gasteiger partial charge < -0.3 is 10.1 Å². The highest BCUT2D eigenvalue weighted by atomic mass is 16.5. The molecule has 4 nitrogen and oxygen atoms in total. The Morgan fingerprint density at radius 3 is 2.87 bits per heavy atom. The minimum atomic E-state index is 0.352. The third-order valence-corrected chi connectivity index (χ3v) is 2.58. The Bertz CT molecular complexity index is 379. The van der Waals surface area contributed by atoms with Crippen molar-refractivity contribution in [3.63, 3.8) is 0 Å². The maximum atomic E-state index is 5.34. The van der Waals surface area contributed by atoms with Crippen LogP contribution < -0.4 is 10.1 Å². The highest BCUT2D eigenvalue weighted by Gasteiger charge is 2.19. The van der Waals surface area contributed by atoms with E-state index in [1.54, 1.807) is 13.3 Å². The third-order valence-electron chi connectivity index (χ3n) is 2.58. The summed E-state index contributed by atoms with van der Waals surface area (Å²) in [6.07, 6.45) is 3.98. The zero-order chi connectivity index (χ0) is 10.8. The molecule has 0 aromatic carbocycles. The number of nitrogens with one attached hydrogen (secondary N) is 1. The molecule has 0 fully saturated rings. The van der Waals surface area contributed by atoms with Gasteiger partial charge in [-0.15, -0.1) is 0 Å². The standard InChI is InChI=1S/C11H17N3O/c1-8(2)14-11(9-4-5-12-6-9)10(15-3)7-13-14/h4,7-8,12H,5-6H2,1-3H3. The van der Waals surface area contributed by atoms with Crippen molar-refractivity contribution in [3.8, 4) is 5.75 Å². The summed E-state index contributed by atoms with van der Waals surface area (Å²) in [5.41, 5.74) is 2.38. The third kappa shape index (κ3) is 1.77. The van der Waals surface area contributed by atoms with Crippen LogP contribution in [0.5, 0.6) is 5.75 Å². The summed E-state index contributed by atoms with van der Waals surface area (Å²) in [4.78, 5) is 0. The van der Waals surface area contributed by atoms with Crippen molar-refractivity contribution in [3.05, 3.63) is 18.0 Å². The molecule has 0 unspecified atom stereocenters. The van der Waals surface area contributed by atoms with Crippen molar-refractivity contribution in [2.24, 2.45) is 0 Å². The molecule has 2 heterocycles. The number of hydrogen-bond donors (Lipinski definition) is 1. The first-order valence-electron chi connectivity index (χ1n) is 5.25. The number of methoxy groups -OCH3 is 1. The van der Waals surface area contributed by atoms with Gasteiger partial charge in [-0.3, -0.25) is 4.68 Å². The van der Waals surface area contributed by atoms with Crippen molar-refractivity contribution >= 4 is 5.57 Å². The first-order chi connectivity index (χ1) is 7.24. The van der Waals surface area contributed by atoms with Gasteiger partial charge in [-0.1, -0.05) is 6.08 Å².